The predicted octanol–water partition coefficient (Wildman–Crippen LogP) is 2.74. The van der Waals surface area contributed by atoms with Crippen LogP contribution in [0.5, 0.6) is 11.5 Å². The number of rotatable bonds is 5. The number of carbonyl (C=O) groups is 2. The molecule has 130 valence electrons. The first-order chi connectivity index (χ1) is 12.0. The van der Waals surface area contributed by atoms with Gasteiger partial charge in [0.05, 0.1) is 0 Å². The van der Waals surface area contributed by atoms with Gasteiger partial charge in [0.25, 0.3) is 0 Å². The molecule has 0 unspecified atom stereocenters. The van der Waals surface area contributed by atoms with Gasteiger partial charge in [-0.05, 0) is 35.9 Å². The molecule has 0 aliphatic carbocycles. The van der Waals surface area contributed by atoms with Gasteiger partial charge in [0.2, 0.25) is 18.6 Å². The highest BCUT2D eigenvalue weighted by atomic mass is 35.5. The predicted molar refractivity (Wildman–Crippen MR) is 93.9 cm³/mol. The van der Waals surface area contributed by atoms with Crippen molar-refractivity contribution in [3.63, 3.8) is 0 Å². The molecule has 0 fully saturated rings. The maximum atomic E-state index is 12.2. The van der Waals surface area contributed by atoms with Crippen molar-refractivity contribution in [1.82, 2.24) is 5.32 Å². The minimum atomic E-state index is -0.271. The van der Waals surface area contributed by atoms with Crippen LogP contribution in [-0.2, 0) is 16.1 Å². The number of halogens is 1. The lowest BCUT2D eigenvalue weighted by atomic mass is 10.2. The number of anilines is 1. The summed E-state index contributed by atoms with van der Waals surface area (Å²) in [4.78, 5) is 25.5. The van der Waals surface area contributed by atoms with Gasteiger partial charge < -0.3 is 19.7 Å². The van der Waals surface area contributed by atoms with Crippen LogP contribution in [0.4, 0.5) is 5.69 Å². The van der Waals surface area contributed by atoms with E-state index in [0.29, 0.717) is 28.8 Å². The van der Waals surface area contributed by atoms with E-state index in [1.54, 1.807) is 30.3 Å². The molecule has 1 N–H and O–H groups in total. The number of hydrogen-bond acceptors (Lipinski definition) is 4. The first-order valence-corrected chi connectivity index (χ1v) is 8.09. The molecule has 0 saturated carbocycles. The fraction of sp³-hybridized carbons (Fsp3) is 0.222. The van der Waals surface area contributed by atoms with Crippen molar-refractivity contribution in [2.75, 3.05) is 18.2 Å². The van der Waals surface area contributed by atoms with Gasteiger partial charge in [0, 0.05) is 24.2 Å². The van der Waals surface area contributed by atoms with Crippen molar-refractivity contribution in [3.8, 4) is 11.5 Å². The minimum Gasteiger partial charge on any atom is -0.454 e. The minimum absolute atomic E-state index is 0.0831. The standard InChI is InChI=1S/C18H17ClN2O4/c1-12(22)21(15-4-2-3-14(19)8-15)10-18(23)20-9-13-5-6-16-17(7-13)25-11-24-16/h2-8H,9-11H2,1H3,(H,20,23). The summed E-state index contributed by atoms with van der Waals surface area (Å²) in [6, 6.07) is 12.3. The van der Waals surface area contributed by atoms with E-state index in [9.17, 15) is 9.59 Å². The van der Waals surface area contributed by atoms with Crippen molar-refractivity contribution in [1.29, 1.82) is 0 Å². The molecule has 25 heavy (non-hydrogen) atoms. The molecular formula is C18H17ClN2O4. The fourth-order valence-corrected chi connectivity index (χ4v) is 2.66. The Morgan fingerprint density at radius 2 is 1.96 bits per heavy atom. The topological polar surface area (TPSA) is 67.9 Å². The Morgan fingerprint density at radius 1 is 1.16 bits per heavy atom. The van der Waals surface area contributed by atoms with E-state index in [1.165, 1.54) is 11.8 Å². The molecule has 2 amide bonds. The third-order valence-corrected chi connectivity index (χ3v) is 3.96. The highest BCUT2D eigenvalue weighted by Gasteiger charge is 2.17. The van der Waals surface area contributed by atoms with E-state index in [2.05, 4.69) is 5.32 Å². The van der Waals surface area contributed by atoms with Gasteiger partial charge in [-0.3, -0.25) is 9.59 Å². The van der Waals surface area contributed by atoms with Crippen molar-refractivity contribution < 1.29 is 19.1 Å². The number of fused-ring (bicyclic) bond motifs is 1. The summed E-state index contributed by atoms with van der Waals surface area (Å²) in [5, 5.41) is 3.30. The molecule has 0 radical (unpaired) electrons. The molecule has 2 aromatic carbocycles. The third-order valence-electron chi connectivity index (χ3n) is 3.73. The number of nitrogens with zero attached hydrogens (tertiary/aromatic N) is 1. The molecule has 6 nitrogen and oxygen atoms in total. The van der Waals surface area contributed by atoms with Crippen molar-refractivity contribution in [2.45, 2.75) is 13.5 Å². The monoisotopic (exact) mass is 360 g/mol. The van der Waals surface area contributed by atoms with Gasteiger partial charge >= 0.3 is 0 Å². The van der Waals surface area contributed by atoms with Gasteiger partial charge in [0.15, 0.2) is 11.5 Å². The van der Waals surface area contributed by atoms with Crippen LogP contribution in [0.15, 0.2) is 42.5 Å². The summed E-state index contributed by atoms with van der Waals surface area (Å²) in [6.45, 7) is 1.86. The second-order valence-corrected chi connectivity index (χ2v) is 5.99. The molecule has 1 aliphatic rings. The van der Waals surface area contributed by atoms with Crippen LogP contribution in [0.1, 0.15) is 12.5 Å². The van der Waals surface area contributed by atoms with Gasteiger partial charge in [-0.2, -0.15) is 0 Å². The number of carbonyl (C=O) groups excluding carboxylic acids is 2. The van der Waals surface area contributed by atoms with Crippen LogP contribution >= 0.6 is 11.6 Å². The van der Waals surface area contributed by atoms with Crippen LogP contribution < -0.4 is 19.7 Å². The van der Waals surface area contributed by atoms with Crippen molar-refractivity contribution >= 4 is 29.1 Å². The van der Waals surface area contributed by atoms with E-state index in [1.807, 2.05) is 12.1 Å². The quantitative estimate of drug-likeness (QED) is 0.890. The Morgan fingerprint density at radius 3 is 2.72 bits per heavy atom. The normalized spacial score (nSPS) is 11.9. The number of ether oxygens (including phenoxy) is 2. The highest BCUT2D eigenvalue weighted by molar-refractivity contribution is 6.30. The Bertz CT molecular complexity index is 809. The maximum Gasteiger partial charge on any atom is 0.240 e. The van der Waals surface area contributed by atoms with E-state index >= 15 is 0 Å². The average molecular weight is 361 g/mol. The van der Waals surface area contributed by atoms with Gasteiger partial charge in [-0.15, -0.1) is 0 Å². The lowest BCUT2D eigenvalue weighted by molar-refractivity contribution is -0.123. The summed E-state index contributed by atoms with van der Waals surface area (Å²) >= 11 is 5.96. The molecule has 0 saturated heterocycles. The van der Waals surface area contributed by atoms with Gasteiger partial charge in [-0.25, -0.2) is 0 Å². The Kier molecular flexibility index (Phi) is 5.09. The summed E-state index contributed by atoms with van der Waals surface area (Å²) < 4.78 is 10.6. The largest absolute Gasteiger partial charge is 0.454 e. The molecule has 7 heteroatoms. The average Bonchev–Trinajstić information content (AvgIpc) is 3.05. The lowest BCUT2D eigenvalue weighted by Gasteiger charge is -2.21. The zero-order valence-electron chi connectivity index (χ0n) is 13.6. The van der Waals surface area contributed by atoms with Crippen molar-refractivity contribution in [2.24, 2.45) is 0 Å². The molecule has 0 aromatic heterocycles. The first-order valence-electron chi connectivity index (χ1n) is 7.72. The van der Waals surface area contributed by atoms with Crippen LogP contribution in [-0.4, -0.2) is 25.2 Å². The van der Waals surface area contributed by atoms with E-state index in [0.717, 1.165) is 5.56 Å². The van der Waals surface area contributed by atoms with E-state index in [4.69, 9.17) is 21.1 Å². The Hall–Kier alpha value is -2.73. The van der Waals surface area contributed by atoms with E-state index < -0.39 is 0 Å². The zero-order chi connectivity index (χ0) is 17.8. The number of benzene rings is 2. The summed E-state index contributed by atoms with van der Waals surface area (Å²) in [6.07, 6.45) is 0. The Labute approximate surface area is 150 Å². The third kappa shape index (κ3) is 4.22. The molecule has 3 rings (SSSR count). The van der Waals surface area contributed by atoms with Crippen LogP contribution in [0.25, 0.3) is 0 Å². The zero-order valence-corrected chi connectivity index (χ0v) is 14.4. The lowest BCUT2D eigenvalue weighted by Crippen LogP contribution is -2.39. The SMILES string of the molecule is CC(=O)N(CC(=O)NCc1ccc2c(c1)OCO2)c1cccc(Cl)c1. The van der Waals surface area contributed by atoms with Gasteiger partial charge in [-0.1, -0.05) is 23.7 Å². The first kappa shape index (κ1) is 17.1. The molecule has 2 aromatic rings. The van der Waals surface area contributed by atoms with Crippen LogP contribution in [0, 0.1) is 0 Å². The van der Waals surface area contributed by atoms with Crippen molar-refractivity contribution in [3.05, 3.63) is 53.1 Å². The molecule has 1 heterocycles. The molecular weight excluding hydrogens is 344 g/mol. The molecule has 1 aliphatic heterocycles. The highest BCUT2D eigenvalue weighted by Crippen LogP contribution is 2.32. The summed E-state index contributed by atoms with van der Waals surface area (Å²) in [5.74, 6) is 0.850. The van der Waals surface area contributed by atoms with Gasteiger partial charge in [0.1, 0.15) is 6.54 Å². The van der Waals surface area contributed by atoms with Crippen LogP contribution in [0.3, 0.4) is 0 Å². The number of amides is 2. The van der Waals surface area contributed by atoms with E-state index in [-0.39, 0.29) is 25.2 Å². The smallest absolute Gasteiger partial charge is 0.240 e. The number of hydrogen-bond donors (Lipinski definition) is 1. The summed E-state index contributed by atoms with van der Waals surface area (Å²) in [5.41, 5.74) is 1.47. The van der Waals surface area contributed by atoms with Crippen LogP contribution in [0.2, 0.25) is 5.02 Å². The maximum absolute atomic E-state index is 12.2. The summed E-state index contributed by atoms with van der Waals surface area (Å²) in [7, 11) is 0. The fourth-order valence-electron chi connectivity index (χ4n) is 2.48. The molecule has 0 spiro atoms. The second kappa shape index (κ2) is 7.44. The number of nitrogens with one attached hydrogen (secondary N) is 1. The molecule has 0 bridgehead atoms. The second-order valence-electron chi connectivity index (χ2n) is 5.55. The Balaban J connectivity index is 1.61. The molecule has 0 atom stereocenters.